The standard InChI is InChI=1S/C17H22INO5/c1-17(2,3)24-16(22)19(10-4-5-15(20)21)11-12-23-14-8-6-13(18)7-9-14/h4-9H,10-12H2,1-3H3,(H,20,21)/b5-4-. The Bertz CT molecular complexity index is 578. The highest BCUT2D eigenvalue weighted by molar-refractivity contribution is 14.1. The Morgan fingerprint density at radius 3 is 2.42 bits per heavy atom. The zero-order chi connectivity index (χ0) is 18.2. The van der Waals surface area contributed by atoms with Crippen LogP contribution in [0.3, 0.4) is 0 Å². The molecule has 24 heavy (non-hydrogen) atoms. The summed E-state index contributed by atoms with van der Waals surface area (Å²) >= 11 is 2.21. The van der Waals surface area contributed by atoms with E-state index in [1.165, 1.54) is 11.0 Å². The van der Waals surface area contributed by atoms with Gasteiger partial charge in [0.1, 0.15) is 18.0 Å². The summed E-state index contributed by atoms with van der Waals surface area (Å²) in [5, 5.41) is 8.65. The predicted octanol–water partition coefficient (Wildman–Crippen LogP) is 3.55. The van der Waals surface area contributed by atoms with Crippen LogP contribution in [0, 0.1) is 3.57 Å². The molecule has 0 aliphatic carbocycles. The fourth-order valence-corrected chi connectivity index (χ4v) is 2.03. The normalized spacial score (nSPS) is 11.3. The predicted molar refractivity (Wildman–Crippen MR) is 99.2 cm³/mol. The summed E-state index contributed by atoms with van der Waals surface area (Å²) in [7, 11) is 0. The summed E-state index contributed by atoms with van der Waals surface area (Å²) in [4.78, 5) is 24.1. The summed E-state index contributed by atoms with van der Waals surface area (Å²) in [6, 6.07) is 7.56. The van der Waals surface area contributed by atoms with Crippen LogP contribution in [-0.2, 0) is 9.53 Å². The van der Waals surface area contributed by atoms with E-state index in [9.17, 15) is 9.59 Å². The van der Waals surface area contributed by atoms with Gasteiger partial charge in [-0.1, -0.05) is 6.08 Å². The molecule has 1 aromatic rings. The number of hydrogen-bond acceptors (Lipinski definition) is 4. The van der Waals surface area contributed by atoms with Gasteiger partial charge < -0.3 is 19.5 Å². The Kier molecular flexibility index (Phi) is 8.03. The van der Waals surface area contributed by atoms with Gasteiger partial charge in [-0.05, 0) is 67.6 Å². The van der Waals surface area contributed by atoms with E-state index in [1.807, 2.05) is 24.3 Å². The van der Waals surface area contributed by atoms with Gasteiger partial charge >= 0.3 is 12.1 Å². The van der Waals surface area contributed by atoms with Crippen molar-refractivity contribution in [1.82, 2.24) is 4.90 Å². The number of nitrogens with zero attached hydrogens (tertiary/aromatic N) is 1. The van der Waals surface area contributed by atoms with E-state index in [2.05, 4.69) is 22.6 Å². The van der Waals surface area contributed by atoms with Crippen molar-refractivity contribution in [3.05, 3.63) is 40.0 Å². The second-order valence-electron chi connectivity index (χ2n) is 5.97. The molecule has 0 heterocycles. The number of amides is 1. The maximum absolute atomic E-state index is 12.2. The molecule has 0 fully saturated rings. The maximum atomic E-state index is 12.2. The van der Waals surface area contributed by atoms with Gasteiger partial charge in [-0.15, -0.1) is 0 Å². The van der Waals surface area contributed by atoms with Gasteiger partial charge in [0.15, 0.2) is 0 Å². The van der Waals surface area contributed by atoms with Crippen LogP contribution < -0.4 is 4.74 Å². The largest absolute Gasteiger partial charge is 0.492 e. The van der Waals surface area contributed by atoms with Crippen LogP contribution in [0.4, 0.5) is 4.79 Å². The first-order valence-corrected chi connectivity index (χ1v) is 8.51. The first kappa shape index (κ1) is 20.3. The van der Waals surface area contributed by atoms with Crippen LogP contribution in [0.15, 0.2) is 36.4 Å². The number of halogens is 1. The van der Waals surface area contributed by atoms with E-state index in [-0.39, 0.29) is 19.7 Å². The molecule has 1 amide bonds. The Balaban J connectivity index is 2.61. The van der Waals surface area contributed by atoms with Crippen molar-refractivity contribution in [2.75, 3.05) is 19.7 Å². The lowest BCUT2D eigenvalue weighted by molar-refractivity contribution is -0.131. The quantitative estimate of drug-likeness (QED) is 0.511. The number of rotatable bonds is 7. The molecule has 0 saturated heterocycles. The molecule has 0 aromatic heterocycles. The average molecular weight is 447 g/mol. The van der Waals surface area contributed by atoms with E-state index in [4.69, 9.17) is 14.6 Å². The number of carboxylic acids is 1. The minimum absolute atomic E-state index is 0.136. The van der Waals surface area contributed by atoms with Crippen LogP contribution in [-0.4, -0.2) is 47.4 Å². The molecular formula is C17H22INO5. The Labute approximate surface area is 155 Å². The molecule has 0 aliphatic heterocycles. The van der Waals surface area contributed by atoms with E-state index in [0.29, 0.717) is 5.75 Å². The minimum Gasteiger partial charge on any atom is -0.492 e. The Morgan fingerprint density at radius 2 is 1.88 bits per heavy atom. The lowest BCUT2D eigenvalue weighted by Gasteiger charge is -2.26. The van der Waals surface area contributed by atoms with Crippen LogP contribution in [0.25, 0.3) is 0 Å². The van der Waals surface area contributed by atoms with Crippen molar-refractivity contribution >= 4 is 34.7 Å². The van der Waals surface area contributed by atoms with Crippen LogP contribution in [0.1, 0.15) is 20.8 Å². The number of hydrogen-bond donors (Lipinski definition) is 1. The van der Waals surface area contributed by atoms with Crippen molar-refractivity contribution in [2.24, 2.45) is 0 Å². The lowest BCUT2D eigenvalue weighted by Crippen LogP contribution is -2.39. The van der Waals surface area contributed by atoms with Crippen molar-refractivity contribution in [3.63, 3.8) is 0 Å². The maximum Gasteiger partial charge on any atom is 0.410 e. The van der Waals surface area contributed by atoms with Gasteiger partial charge in [0.05, 0.1) is 6.54 Å². The minimum atomic E-state index is -1.06. The number of benzene rings is 1. The lowest BCUT2D eigenvalue weighted by atomic mass is 10.2. The number of carbonyl (C=O) groups is 2. The fraction of sp³-hybridized carbons (Fsp3) is 0.412. The van der Waals surface area contributed by atoms with Gasteiger partial charge in [-0.25, -0.2) is 9.59 Å². The summed E-state index contributed by atoms with van der Waals surface area (Å²) in [5.74, 6) is -0.352. The molecule has 0 saturated carbocycles. The molecule has 1 aromatic carbocycles. The first-order valence-electron chi connectivity index (χ1n) is 7.43. The van der Waals surface area contributed by atoms with E-state index >= 15 is 0 Å². The second-order valence-corrected chi connectivity index (χ2v) is 7.21. The molecule has 1 rings (SSSR count). The number of ether oxygens (including phenoxy) is 2. The van der Waals surface area contributed by atoms with E-state index < -0.39 is 17.7 Å². The van der Waals surface area contributed by atoms with Gasteiger partial charge in [0, 0.05) is 16.2 Å². The molecule has 0 spiro atoms. The van der Waals surface area contributed by atoms with Gasteiger partial charge in [0.25, 0.3) is 0 Å². The monoisotopic (exact) mass is 447 g/mol. The van der Waals surface area contributed by atoms with Crippen LogP contribution in [0.5, 0.6) is 5.75 Å². The molecule has 1 N–H and O–H groups in total. The van der Waals surface area contributed by atoms with Crippen LogP contribution in [0.2, 0.25) is 0 Å². The van der Waals surface area contributed by atoms with Crippen molar-refractivity contribution in [3.8, 4) is 5.75 Å². The number of carboxylic acid groups (broad SMARTS) is 1. The first-order chi connectivity index (χ1) is 11.2. The van der Waals surface area contributed by atoms with E-state index in [0.717, 1.165) is 9.65 Å². The smallest absolute Gasteiger partial charge is 0.410 e. The number of aliphatic carboxylic acids is 1. The van der Waals surface area contributed by atoms with Gasteiger partial charge in [-0.3, -0.25) is 0 Å². The molecule has 0 atom stereocenters. The topological polar surface area (TPSA) is 76.1 Å². The molecule has 0 radical (unpaired) electrons. The summed E-state index contributed by atoms with van der Waals surface area (Å²) in [6.07, 6.45) is 1.89. The number of carbonyl (C=O) groups excluding carboxylic acids is 1. The highest BCUT2D eigenvalue weighted by Gasteiger charge is 2.21. The molecule has 132 valence electrons. The van der Waals surface area contributed by atoms with Crippen molar-refractivity contribution < 1.29 is 24.2 Å². The molecule has 0 bridgehead atoms. The molecule has 0 aliphatic rings. The zero-order valence-corrected chi connectivity index (χ0v) is 16.1. The fourth-order valence-electron chi connectivity index (χ4n) is 1.67. The highest BCUT2D eigenvalue weighted by Crippen LogP contribution is 2.14. The third-order valence-electron chi connectivity index (χ3n) is 2.68. The molecule has 0 unspecified atom stereocenters. The van der Waals surface area contributed by atoms with Crippen molar-refractivity contribution in [1.29, 1.82) is 0 Å². The summed E-state index contributed by atoms with van der Waals surface area (Å²) < 4.78 is 12.0. The zero-order valence-electron chi connectivity index (χ0n) is 14.0. The summed E-state index contributed by atoms with van der Waals surface area (Å²) in [6.45, 7) is 6.03. The molecule has 7 heteroatoms. The van der Waals surface area contributed by atoms with Gasteiger partial charge in [-0.2, -0.15) is 0 Å². The van der Waals surface area contributed by atoms with Crippen LogP contribution >= 0.6 is 22.6 Å². The molecular weight excluding hydrogens is 425 g/mol. The molecule has 6 nitrogen and oxygen atoms in total. The SMILES string of the molecule is CC(C)(C)OC(=O)N(C/C=C\C(=O)O)CCOc1ccc(I)cc1. The second kappa shape index (κ2) is 9.51. The van der Waals surface area contributed by atoms with Crippen molar-refractivity contribution in [2.45, 2.75) is 26.4 Å². The third kappa shape index (κ3) is 8.76. The van der Waals surface area contributed by atoms with Gasteiger partial charge in [0.2, 0.25) is 0 Å². The van der Waals surface area contributed by atoms with E-state index in [1.54, 1.807) is 20.8 Å². The highest BCUT2D eigenvalue weighted by atomic mass is 127. The Morgan fingerprint density at radius 1 is 1.25 bits per heavy atom. The third-order valence-corrected chi connectivity index (χ3v) is 3.40. The average Bonchev–Trinajstić information content (AvgIpc) is 2.45. The Hall–Kier alpha value is -1.77. The summed E-state index contributed by atoms with van der Waals surface area (Å²) in [5.41, 5.74) is -0.622.